The Morgan fingerprint density at radius 2 is 1.93 bits per heavy atom. The monoisotopic (exact) mass is 464 g/mol. The van der Waals surface area contributed by atoms with Crippen LogP contribution in [-0.2, 0) is 23.0 Å². The van der Waals surface area contributed by atoms with Gasteiger partial charge < -0.3 is 4.90 Å². The Morgan fingerprint density at radius 3 is 2.63 bits per heavy atom. The molecule has 1 amide bonds. The summed E-state index contributed by atoms with van der Waals surface area (Å²) in [6, 6.07) is 3.31. The Balaban J connectivity index is 1.39. The van der Waals surface area contributed by atoms with E-state index in [0.29, 0.717) is 44.5 Å². The maximum Gasteiger partial charge on any atom is 0.264 e. The molecule has 2 aliphatic heterocycles. The highest BCUT2D eigenvalue weighted by Crippen LogP contribution is 2.30. The molecule has 0 aliphatic carbocycles. The molecule has 30 heavy (non-hydrogen) atoms. The molecule has 5 heterocycles. The van der Waals surface area contributed by atoms with Crippen LogP contribution in [0.15, 0.2) is 26.5 Å². The van der Waals surface area contributed by atoms with Gasteiger partial charge in [-0.05, 0) is 30.4 Å². The van der Waals surface area contributed by atoms with Crippen LogP contribution in [0.3, 0.4) is 0 Å². The highest BCUT2D eigenvalue weighted by Gasteiger charge is 2.32. The normalized spacial score (nSPS) is 17.6. The fraction of sp³-hybridized carbons (Fsp3) is 0.421. The summed E-state index contributed by atoms with van der Waals surface area (Å²) in [5.41, 5.74) is 0.612. The minimum absolute atomic E-state index is 0.0628. The van der Waals surface area contributed by atoms with Crippen molar-refractivity contribution in [2.24, 2.45) is 0 Å². The third-order valence-corrected chi connectivity index (χ3v) is 10.2. The van der Waals surface area contributed by atoms with Crippen LogP contribution in [0.2, 0.25) is 0 Å². The molecule has 1 fully saturated rings. The van der Waals surface area contributed by atoms with Crippen molar-refractivity contribution in [1.29, 1.82) is 0 Å². The topological polar surface area (TPSA) is 92.6 Å². The average Bonchev–Trinajstić information content (AvgIpc) is 3.48. The van der Waals surface area contributed by atoms with Crippen molar-refractivity contribution in [2.45, 2.75) is 30.5 Å². The summed E-state index contributed by atoms with van der Waals surface area (Å²) in [4.78, 5) is 33.5. The number of rotatable bonds is 3. The molecule has 3 aromatic rings. The van der Waals surface area contributed by atoms with E-state index in [1.54, 1.807) is 33.9 Å². The molecule has 0 unspecified atom stereocenters. The molecule has 0 aromatic carbocycles. The molecular formula is C19H20N4O4S3. The highest BCUT2D eigenvalue weighted by atomic mass is 32.2. The first-order valence-corrected chi connectivity index (χ1v) is 12.9. The lowest BCUT2D eigenvalue weighted by molar-refractivity contribution is 0.0702. The third kappa shape index (κ3) is 3.03. The SMILES string of the molecule is Cc1c(C(=O)N2CCN(S(=O)(=O)c3cccs3)CC2)sc2nc3n(c(=O)c12)CCC3. The first-order chi connectivity index (χ1) is 14.4. The Kier molecular flexibility index (Phi) is 4.80. The van der Waals surface area contributed by atoms with Crippen molar-refractivity contribution in [1.82, 2.24) is 18.8 Å². The molecule has 158 valence electrons. The van der Waals surface area contributed by atoms with E-state index in [1.807, 2.05) is 0 Å². The van der Waals surface area contributed by atoms with Crippen molar-refractivity contribution in [3.05, 3.63) is 44.1 Å². The second-order valence-electron chi connectivity index (χ2n) is 7.45. The molecule has 0 saturated carbocycles. The van der Waals surface area contributed by atoms with E-state index in [2.05, 4.69) is 4.98 Å². The van der Waals surface area contributed by atoms with Gasteiger partial charge in [-0.2, -0.15) is 4.31 Å². The van der Waals surface area contributed by atoms with Gasteiger partial charge in [0.15, 0.2) is 0 Å². The van der Waals surface area contributed by atoms with Crippen LogP contribution in [0.5, 0.6) is 0 Å². The first-order valence-electron chi connectivity index (χ1n) is 9.73. The number of nitrogens with zero attached hydrogens (tertiary/aromatic N) is 4. The fourth-order valence-corrected chi connectivity index (χ4v) is 7.82. The number of thiophene rings is 2. The maximum absolute atomic E-state index is 13.2. The smallest absolute Gasteiger partial charge is 0.264 e. The summed E-state index contributed by atoms with van der Waals surface area (Å²) >= 11 is 2.46. The van der Waals surface area contributed by atoms with Gasteiger partial charge in [0.05, 0.1) is 10.3 Å². The minimum atomic E-state index is -3.51. The Bertz CT molecular complexity index is 1300. The second-order valence-corrected chi connectivity index (χ2v) is 11.6. The van der Waals surface area contributed by atoms with Crippen molar-refractivity contribution in [3.63, 3.8) is 0 Å². The summed E-state index contributed by atoms with van der Waals surface area (Å²) in [7, 11) is -3.51. The predicted octanol–water partition coefficient (Wildman–Crippen LogP) is 1.92. The van der Waals surface area contributed by atoms with Gasteiger partial charge >= 0.3 is 0 Å². The maximum atomic E-state index is 13.2. The van der Waals surface area contributed by atoms with E-state index in [4.69, 9.17) is 0 Å². The second kappa shape index (κ2) is 7.26. The molecule has 1 saturated heterocycles. The number of piperazine rings is 1. The molecule has 0 N–H and O–H groups in total. The van der Waals surface area contributed by atoms with E-state index in [9.17, 15) is 18.0 Å². The van der Waals surface area contributed by atoms with Crippen molar-refractivity contribution >= 4 is 48.8 Å². The number of carbonyl (C=O) groups excluding carboxylic acids is 1. The molecule has 3 aromatic heterocycles. The summed E-state index contributed by atoms with van der Waals surface area (Å²) in [6.07, 6.45) is 1.70. The third-order valence-electron chi connectivity index (χ3n) is 5.72. The lowest BCUT2D eigenvalue weighted by Gasteiger charge is -2.33. The van der Waals surface area contributed by atoms with Crippen LogP contribution in [0.1, 0.15) is 27.5 Å². The number of hydrogen-bond acceptors (Lipinski definition) is 7. The molecule has 2 aliphatic rings. The highest BCUT2D eigenvalue weighted by molar-refractivity contribution is 7.91. The van der Waals surface area contributed by atoms with Crippen LogP contribution >= 0.6 is 22.7 Å². The number of aryl methyl sites for hydroxylation is 2. The van der Waals surface area contributed by atoms with Gasteiger partial charge in [-0.15, -0.1) is 22.7 Å². The molecule has 11 heteroatoms. The first kappa shape index (κ1) is 19.9. The summed E-state index contributed by atoms with van der Waals surface area (Å²) in [5.74, 6) is 0.633. The Hall–Kier alpha value is -2.08. The predicted molar refractivity (Wildman–Crippen MR) is 116 cm³/mol. The van der Waals surface area contributed by atoms with Crippen LogP contribution in [0.25, 0.3) is 10.2 Å². The molecule has 0 bridgehead atoms. The molecule has 5 rings (SSSR count). The standard InChI is InChI=1S/C19H20N4O4S3/c1-12-15-17(20-13-4-2-6-23(13)18(15)24)29-16(12)19(25)21-7-9-22(10-8-21)30(26,27)14-5-3-11-28-14/h3,5,11H,2,4,6-10H2,1H3. The van der Waals surface area contributed by atoms with Crippen molar-refractivity contribution < 1.29 is 13.2 Å². The van der Waals surface area contributed by atoms with E-state index >= 15 is 0 Å². The molecular weight excluding hydrogens is 444 g/mol. The Labute approximate surface area is 181 Å². The van der Waals surface area contributed by atoms with Crippen molar-refractivity contribution in [2.75, 3.05) is 26.2 Å². The van der Waals surface area contributed by atoms with Gasteiger partial charge in [0.2, 0.25) is 0 Å². The van der Waals surface area contributed by atoms with E-state index in [1.165, 1.54) is 27.0 Å². The Morgan fingerprint density at radius 1 is 1.17 bits per heavy atom. The number of hydrogen-bond donors (Lipinski definition) is 0. The van der Waals surface area contributed by atoms with Gasteiger partial charge in [0.25, 0.3) is 21.5 Å². The molecule has 0 spiro atoms. The summed E-state index contributed by atoms with van der Waals surface area (Å²) in [6.45, 7) is 3.63. The lowest BCUT2D eigenvalue weighted by atomic mass is 10.2. The molecule has 0 radical (unpaired) electrons. The van der Waals surface area contributed by atoms with Crippen LogP contribution < -0.4 is 5.56 Å². The molecule has 0 atom stereocenters. The number of aromatic nitrogens is 2. The quantitative estimate of drug-likeness (QED) is 0.591. The van der Waals surface area contributed by atoms with Gasteiger partial charge in [-0.3, -0.25) is 14.2 Å². The van der Waals surface area contributed by atoms with Gasteiger partial charge in [0.1, 0.15) is 14.9 Å². The van der Waals surface area contributed by atoms with Crippen LogP contribution in [0, 0.1) is 6.92 Å². The van der Waals surface area contributed by atoms with Crippen LogP contribution in [0.4, 0.5) is 0 Å². The average molecular weight is 465 g/mol. The van der Waals surface area contributed by atoms with E-state index in [-0.39, 0.29) is 24.6 Å². The van der Waals surface area contributed by atoms with E-state index in [0.717, 1.165) is 18.7 Å². The number of sulfonamides is 1. The van der Waals surface area contributed by atoms with Gasteiger partial charge in [-0.1, -0.05) is 6.07 Å². The van der Waals surface area contributed by atoms with Gasteiger partial charge in [-0.25, -0.2) is 13.4 Å². The number of amides is 1. The van der Waals surface area contributed by atoms with Crippen LogP contribution in [-0.4, -0.2) is 59.3 Å². The zero-order valence-electron chi connectivity index (χ0n) is 16.3. The number of fused-ring (bicyclic) bond motifs is 2. The zero-order chi connectivity index (χ0) is 21.0. The molecule has 8 nitrogen and oxygen atoms in total. The summed E-state index contributed by atoms with van der Waals surface area (Å²) in [5, 5.41) is 2.27. The zero-order valence-corrected chi connectivity index (χ0v) is 18.8. The minimum Gasteiger partial charge on any atom is -0.335 e. The summed E-state index contributed by atoms with van der Waals surface area (Å²) < 4.78 is 28.8. The number of carbonyl (C=O) groups is 1. The fourth-order valence-electron chi connectivity index (χ4n) is 4.09. The van der Waals surface area contributed by atoms with E-state index < -0.39 is 10.0 Å². The van der Waals surface area contributed by atoms with Crippen molar-refractivity contribution in [3.8, 4) is 0 Å². The van der Waals surface area contributed by atoms with Gasteiger partial charge in [0, 0.05) is 39.1 Å². The largest absolute Gasteiger partial charge is 0.335 e. The lowest BCUT2D eigenvalue weighted by Crippen LogP contribution is -2.50.